The quantitative estimate of drug-likeness (QED) is 0.538. The van der Waals surface area contributed by atoms with Crippen LogP contribution < -0.4 is 10.2 Å². The van der Waals surface area contributed by atoms with Crippen molar-refractivity contribution in [1.29, 1.82) is 0 Å². The topological polar surface area (TPSA) is 92.5 Å². The average molecular weight is 356 g/mol. The average Bonchev–Trinajstić information content (AvgIpc) is 2.65. The number of hydrazone groups is 1. The van der Waals surface area contributed by atoms with Crippen LogP contribution in [-0.4, -0.2) is 33.6 Å². The highest BCUT2D eigenvalue weighted by Gasteiger charge is 2.08. The van der Waals surface area contributed by atoms with Gasteiger partial charge in [0.2, 0.25) is 0 Å². The van der Waals surface area contributed by atoms with Crippen LogP contribution in [-0.2, 0) is 0 Å². The molecule has 0 saturated carbocycles. The Balaban J connectivity index is 1.80. The number of nitrogens with one attached hydrogen (secondary N) is 1. The Labute approximate surface area is 149 Å². The Morgan fingerprint density at radius 2 is 2.08 bits per heavy atom. The van der Waals surface area contributed by atoms with Crippen LogP contribution in [0.2, 0.25) is 5.02 Å². The van der Waals surface area contributed by atoms with Gasteiger partial charge < -0.3 is 9.84 Å². The Kier molecular flexibility index (Phi) is 5.06. The molecule has 0 bridgehead atoms. The van der Waals surface area contributed by atoms with E-state index in [1.54, 1.807) is 19.4 Å². The van der Waals surface area contributed by atoms with Crippen molar-refractivity contribution in [3.63, 3.8) is 0 Å². The van der Waals surface area contributed by atoms with E-state index in [0.717, 1.165) is 5.56 Å². The Morgan fingerprint density at radius 1 is 1.24 bits per heavy atom. The zero-order chi connectivity index (χ0) is 17.6. The molecule has 25 heavy (non-hydrogen) atoms. The number of phenols is 1. The molecule has 0 fully saturated rings. The third-order valence-electron chi connectivity index (χ3n) is 3.29. The molecule has 8 heteroatoms. The summed E-state index contributed by atoms with van der Waals surface area (Å²) in [5.74, 6) is 1.00. The predicted molar refractivity (Wildman–Crippen MR) is 96.1 cm³/mol. The molecule has 126 valence electrons. The first-order valence-corrected chi connectivity index (χ1v) is 7.66. The molecule has 1 heterocycles. The van der Waals surface area contributed by atoms with E-state index in [1.165, 1.54) is 18.3 Å². The van der Waals surface area contributed by atoms with E-state index < -0.39 is 0 Å². The molecule has 0 amide bonds. The van der Waals surface area contributed by atoms with Gasteiger partial charge in [-0.15, -0.1) is 5.10 Å². The van der Waals surface area contributed by atoms with Crippen LogP contribution in [0.15, 0.2) is 53.8 Å². The van der Waals surface area contributed by atoms with Crippen molar-refractivity contribution in [2.45, 2.75) is 0 Å². The Bertz CT molecular complexity index is 917. The molecule has 3 aromatic rings. The lowest BCUT2D eigenvalue weighted by molar-refractivity contribution is 0.416. The van der Waals surface area contributed by atoms with E-state index >= 15 is 0 Å². The van der Waals surface area contributed by atoms with Gasteiger partial charge in [0.25, 0.3) is 5.95 Å². The number of aromatic nitrogens is 3. The predicted octanol–water partition coefficient (Wildman–Crippen LogP) is 3.35. The summed E-state index contributed by atoms with van der Waals surface area (Å²) in [6.07, 6.45) is 3.00. The number of nitrogens with zero attached hydrogens (tertiary/aromatic N) is 4. The van der Waals surface area contributed by atoms with Gasteiger partial charge in [-0.1, -0.05) is 23.7 Å². The number of rotatable bonds is 5. The lowest BCUT2D eigenvalue weighted by Gasteiger charge is -2.07. The second-order valence-electron chi connectivity index (χ2n) is 4.94. The number of aromatic hydroxyl groups is 1. The molecule has 0 aliphatic carbocycles. The van der Waals surface area contributed by atoms with Crippen LogP contribution in [0.5, 0.6) is 11.5 Å². The highest BCUT2D eigenvalue weighted by molar-refractivity contribution is 6.33. The van der Waals surface area contributed by atoms with Crippen molar-refractivity contribution < 1.29 is 9.84 Å². The van der Waals surface area contributed by atoms with Crippen LogP contribution in [0, 0.1) is 0 Å². The molecule has 0 aliphatic rings. The first-order chi connectivity index (χ1) is 12.2. The Hall–Kier alpha value is -3.19. The smallest absolute Gasteiger partial charge is 0.263 e. The highest BCUT2D eigenvalue weighted by Crippen LogP contribution is 2.27. The normalized spacial score (nSPS) is 10.8. The van der Waals surface area contributed by atoms with Gasteiger partial charge in [0, 0.05) is 16.1 Å². The minimum Gasteiger partial charge on any atom is -0.508 e. The summed E-state index contributed by atoms with van der Waals surface area (Å²) in [7, 11) is 1.59. The van der Waals surface area contributed by atoms with Crippen molar-refractivity contribution in [1.82, 2.24) is 15.2 Å². The standard InChI is InChI=1S/C17H14ClN5O2/c1-25-16-5-3-2-4-13(16)15-10-20-23-17(21-15)22-19-9-11-8-12(24)6-7-14(11)18/h2-10,24H,1H3,(H,21,22,23)/b19-9-. The molecule has 7 nitrogen and oxygen atoms in total. The molecule has 0 unspecified atom stereocenters. The van der Waals surface area contributed by atoms with Crippen molar-refractivity contribution >= 4 is 23.8 Å². The summed E-state index contributed by atoms with van der Waals surface area (Å²) in [4.78, 5) is 4.36. The molecule has 1 aromatic heterocycles. The molecule has 0 saturated heterocycles. The summed E-state index contributed by atoms with van der Waals surface area (Å²) in [5.41, 5.74) is 4.64. The van der Waals surface area contributed by atoms with E-state index in [1.807, 2.05) is 24.3 Å². The van der Waals surface area contributed by atoms with Crippen molar-refractivity contribution in [2.75, 3.05) is 12.5 Å². The number of benzene rings is 2. The first-order valence-electron chi connectivity index (χ1n) is 7.28. The van der Waals surface area contributed by atoms with Gasteiger partial charge in [0.15, 0.2) is 0 Å². The fraction of sp³-hybridized carbons (Fsp3) is 0.0588. The number of para-hydroxylation sites is 1. The second-order valence-corrected chi connectivity index (χ2v) is 5.35. The maximum Gasteiger partial charge on any atom is 0.263 e. The molecule has 0 aliphatic heterocycles. The van der Waals surface area contributed by atoms with Gasteiger partial charge in [-0.25, -0.2) is 10.4 Å². The van der Waals surface area contributed by atoms with Crippen molar-refractivity contribution in [2.24, 2.45) is 5.10 Å². The molecular weight excluding hydrogens is 342 g/mol. The second kappa shape index (κ2) is 7.59. The van der Waals surface area contributed by atoms with Crippen molar-refractivity contribution in [3.05, 3.63) is 59.2 Å². The minimum absolute atomic E-state index is 0.0990. The number of hydrogen-bond acceptors (Lipinski definition) is 7. The van der Waals surface area contributed by atoms with Crippen LogP contribution in [0.3, 0.4) is 0 Å². The van der Waals surface area contributed by atoms with Gasteiger partial charge in [-0.3, -0.25) is 0 Å². The van der Waals surface area contributed by atoms with Crippen LogP contribution >= 0.6 is 11.6 Å². The van der Waals surface area contributed by atoms with Crippen molar-refractivity contribution in [3.8, 4) is 22.8 Å². The monoisotopic (exact) mass is 355 g/mol. The van der Waals surface area contributed by atoms with E-state index in [2.05, 4.69) is 25.7 Å². The SMILES string of the molecule is COc1ccccc1-c1cnnc(N/N=C\c2cc(O)ccc2Cl)n1. The lowest BCUT2D eigenvalue weighted by Crippen LogP contribution is -2.00. The number of halogens is 1. The third-order valence-corrected chi connectivity index (χ3v) is 3.63. The van der Waals surface area contributed by atoms with Gasteiger partial charge in [-0.2, -0.15) is 10.2 Å². The number of anilines is 1. The fourth-order valence-corrected chi connectivity index (χ4v) is 2.29. The number of methoxy groups -OCH3 is 1. The maximum absolute atomic E-state index is 9.48. The Morgan fingerprint density at radius 3 is 2.92 bits per heavy atom. The number of phenolic OH excluding ortho intramolecular Hbond substituents is 1. The van der Waals surface area contributed by atoms with Gasteiger partial charge in [-0.05, 0) is 30.3 Å². The summed E-state index contributed by atoms with van der Waals surface area (Å²) in [5, 5.41) is 21.8. The van der Waals surface area contributed by atoms with E-state index in [9.17, 15) is 5.11 Å². The fourth-order valence-electron chi connectivity index (χ4n) is 2.13. The van der Waals surface area contributed by atoms with Crippen LogP contribution in [0.25, 0.3) is 11.3 Å². The maximum atomic E-state index is 9.48. The number of ether oxygens (including phenoxy) is 1. The largest absolute Gasteiger partial charge is 0.508 e. The minimum atomic E-state index is 0.0990. The summed E-state index contributed by atoms with van der Waals surface area (Å²) in [6, 6.07) is 12.1. The molecule has 0 spiro atoms. The summed E-state index contributed by atoms with van der Waals surface area (Å²) in [6.45, 7) is 0. The van der Waals surface area contributed by atoms with Gasteiger partial charge in [0.1, 0.15) is 11.5 Å². The molecule has 3 rings (SSSR count). The summed E-state index contributed by atoms with van der Waals surface area (Å²) >= 11 is 6.03. The van der Waals surface area contributed by atoms with Crippen LogP contribution in [0.1, 0.15) is 5.56 Å². The molecule has 2 aromatic carbocycles. The lowest BCUT2D eigenvalue weighted by atomic mass is 10.1. The first kappa shape index (κ1) is 16.7. The zero-order valence-electron chi connectivity index (χ0n) is 13.2. The van der Waals surface area contributed by atoms with Gasteiger partial charge >= 0.3 is 0 Å². The van der Waals surface area contributed by atoms with Crippen LogP contribution in [0.4, 0.5) is 5.95 Å². The zero-order valence-corrected chi connectivity index (χ0v) is 14.0. The van der Waals surface area contributed by atoms with Gasteiger partial charge in [0.05, 0.1) is 25.2 Å². The van der Waals surface area contributed by atoms with E-state index in [4.69, 9.17) is 16.3 Å². The van der Waals surface area contributed by atoms with E-state index in [0.29, 0.717) is 22.0 Å². The molecule has 2 N–H and O–H groups in total. The molecule has 0 atom stereocenters. The third kappa shape index (κ3) is 4.02. The van der Waals surface area contributed by atoms with E-state index in [-0.39, 0.29) is 11.7 Å². The molecule has 0 radical (unpaired) electrons. The highest BCUT2D eigenvalue weighted by atomic mass is 35.5. The summed E-state index contributed by atoms with van der Waals surface area (Å²) < 4.78 is 5.33. The molecular formula is C17H14ClN5O2. The number of hydrogen-bond donors (Lipinski definition) is 2.